The fourth-order valence-corrected chi connectivity index (χ4v) is 4.16. The molecule has 1 atom stereocenters. The molecule has 1 aromatic heterocycles. The van der Waals surface area contributed by atoms with Crippen molar-refractivity contribution in [2.24, 2.45) is 0 Å². The molecule has 102 valence electrons. The smallest absolute Gasteiger partial charge is 0.0388 e. The van der Waals surface area contributed by atoms with Crippen molar-refractivity contribution in [3.05, 3.63) is 22.4 Å². The second-order valence-electron chi connectivity index (χ2n) is 6.90. The van der Waals surface area contributed by atoms with E-state index in [1.54, 1.807) is 0 Å². The first-order chi connectivity index (χ1) is 8.27. The molecular formula is C15H26N2S. The van der Waals surface area contributed by atoms with Gasteiger partial charge in [0.2, 0.25) is 0 Å². The molecule has 0 spiro atoms. The second-order valence-corrected chi connectivity index (χ2v) is 7.88. The van der Waals surface area contributed by atoms with Crippen LogP contribution in [-0.4, -0.2) is 17.1 Å². The van der Waals surface area contributed by atoms with Crippen molar-refractivity contribution < 1.29 is 0 Å². The van der Waals surface area contributed by atoms with Crippen LogP contribution in [-0.2, 0) is 0 Å². The molecule has 2 nitrogen and oxygen atoms in total. The van der Waals surface area contributed by atoms with Crippen LogP contribution in [0.25, 0.3) is 0 Å². The maximum atomic E-state index is 3.80. The summed E-state index contributed by atoms with van der Waals surface area (Å²) in [6, 6.07) is 5.40. The van der Waals surface area contributed by atoms with Crippen molar-refractivity contribution in [1.29, 1.82) is 0 Å². The normalized spacial score (nSPS) is 24.9. The lowest BCUT2D eigenvalue weighted by Gasteiger charge is -2.47. The first-order valence-corrected chi connectivity index (χ1v) is 7.74. The highest BCUT2D eigenvalue weighted by Crippen LogP contribution is 2.30. The van der Waals surface area contributed by atoms with Gasteiger partial charge >= 0.3 is 0 Å². The molecule has 0 bridgehead atoms. The maximum Gasteiger partial charge on any atom is 0.0388 e. The predicted molar refractivity (Wildman–Crippen MR) is 80.2 cm³/mol. The molecule has 18 heavy (non-hydrogen) atoms. The van der Waals surface area contributed by atoms with E-state index in [9.17, 15) is 0 Å². The lowest BCUT2D eigenvalue weighted by molar-refractivity contribution is 0.141. The van der Waals surface area contributed by atoms with Crippen molar-refractivity contribution in [3.63, 3.8) is 0 Å². The first-order valence-electron chi connectivity index (χ1n) is 6.86. The van der Waals surface area contributed by atoms with Crippen LogP contribution >= 0.6 is 11.3 Å². The van der Waals surface area contributed by atoms with Crippen LogP contribution in [0, 0.1) is 0 Å². The Kier molecular flexibility index (Phi) is 3.86. The highest BCUT2D eigenvalue weighted by molar-refractivity contribution is 7.10. The van der Waals surface area contributed by atoms with Crippen LogP contribution in [0.4, 0.5) is 0 Å². The standard InChI is InChI=1S/C15H26N2S/c1-11(13-7-6-8-18-13)16-12-9-14(2,3)17-15(4,5)10-12/h6-8,11-12,16-17H,9-10H2,1-5H3. The lowest BCUT2D eigenvalue weighted by Crippen LogP contribution is -2.61. The molecule has 1 aliphatic heterocycles. The molecule has 0 saturated carbocycles. The highest BCUT2D eigenvalue weighted by atomic mass is 32.1. The van der Waals surface area contributed by atoms with Gasteiger partial charge in [-0.05, 0) is 58.9 Å². The summed E-state index contributed by atoms with van der Waals surface area (Å²) in [5.74, 6) is 0. The van der Waals surface area contributed by atoms with Crippen molar-refractivity contribution in [1.82, 2.24) is 10.6 Å². The van der Waals surface area contributed by atoms with Crippen LogP contribution in [0.3, 0.4) is 0 Å². The Bertz CT molecular complexity index is 365. The average molecular weight is 266 g/mol. The van der Waals surface area contributed by atoms with Crippen molar-refractivity contribution >= 4 is 11.3 Å². The summed E-state index contributed by atoms with van der Waals surface area (Å²) in [7, 11) is 0. The second kappa shape index (κ2) is 4.95. The first kappa shape index (κ1) is 14.0. The summed E-state index contributed by atoms with van der Waals surface area (Å²) in [6.45, 7) is 11.5. The molecule has 1 aliphatic rings. The number of piperidine rings is 1. The molecule has 0 radical (unpaired) electrons. The fraction of sp³-hybridized carbons (Fsp3) is 0.733. The molecule has 3 heteroatoms. The van der Waals surface area contributed by atoms with Gasteiger partial charge in [-0.25, -0.2) is 0 Å². The van der Waals surface area contributed by atoms with Gasteiger partial charge < -0.3 is 10.6 Å². The molecule has 0 aliphatic carbocycles. The summed E-state index contributed by atoms with van der Waals surface area (Å²) in [4.78, 5) is 1.43. The van der Waals surface area contributed by atoms with E-state index in [4.69, 9.17) is 0 Å². The van der Waals surface area contributed by atoms with Crippen LogP contribution in [0.15, 0.2) is 17.5 Å². The quantitative estimate of drug-likeness (QED) is 0.871. The largest absolute Gasteiger partial charge is 0.307 e. The summed E-state index contributed by atoms with van der Waals surface area (Å²) < 4.78 is 0. The van der Waals surface area contributed by atoms with E-state index in [2.05, 4.69) is 62.8 Å². The molecule has 0 amide bonds. The molecular weight excluding hydrogens is 240 g/mol. The molecule has 1 fully saturated rings. The van der Waals surface area contributed by atoms with Gasteiger partial charge in [-0.2, -0.15) is 0 Å². The number of thiophene rings is 1. The lowest BCUT2D eigenvalue weighted by atomic mass is 9.79. The van der Waals surface area contributed by atoms with E-state index in [1.165, 1.54) is 17.7 Å². The van der Waals surface area contributed by atoms with E-state index in [0.717, 1.165) is 0 Å². The molecule has 1 unspecified atom stereocenters. The molecule has 1 saturated heterocycles. The van der Waals surface area contributed by atoms with E-state index in [-0.39, 0.29) is 11.1 Å². The van der Waals surface area contributed by atoms with Crippen LogP contribution < -0.4 is 10.6 Å². The summed E-state index contributed by atoms with van der Waals surface area (Å²) in [5, 5.41) is 9.69. The maximum absolute atomic E-state index is 3.80. The Morgan fingerprint density at radius 2 is 1.89 bits per heavy atom. The van der Waals surface area contributed by atoms with Gasteiger partial charge in [-0.1, -0.05) is 6.07 Å². The Balaban J connectivity index is 2.01. The monoisotopic (exact) mass is 266 g/mol. The molecule has 1 aromatic rings. The Morgan fingerprint density at radius 1 is 1.28 bits per heavy atom. The van der Waals surface area contributed by atoms with Gasteiger partial charge in [0.05, 0.1) is 0 Å². The van der Waals surface area contributed by atoms with Crippen LogP contribution in [0.2, 0.25) is 0 Å². The Hall–Kier alpha value is -0.380. The fourth-order valence-electron chi connectivity index (χ4n) is 3.41. The topological polar surface area (TPSA) is 24.1 Å². The molecule has 2 heterocycles. The zero-order valence-corrected chi connectivity index (χ0v) is 13.0. The van der Waals surface area contributed by atoms with Crippen LogP contribution in [0.1, 0.15) is 58.4 Å². The number of nitrogens with one attached hydrogen (secondary N) is 2. The SMILES string of the molecule is CC(NC1CC(C)(C)NC(C)(C)C1)c1cccs1. The van der Waals surface area contributed by atoms with E-state index >= 15 is 0 Å². The van der Waals surface area contributed by atoms with Crippen molar-refractivity contribution in [2.75, 3.05) is 0 Å². The van der Waals surface area contributed by atoms with E-state index in [0.29, 0.717) is 12.1 Å². The highest BCUT2D eigenvalue weighted by Gasteiger charge is 2.37. The minimum Gasteiger partial charge on any atom is -0.307 e. The molecule has 2 N–H and O–H groups in total. The molecule has 0 aromatic carbocycles. The van der Waals surface area contributed by atoms with Gasteiger partial charge in [0.25, 0.3) is 0 Å². The number of hydrogen-bond acceptors (Lipinski definition) is 3. The van der Waals surface area contributed by atoms with E-state index < -0.39 is 0 Å². The number of rotatable bonds is 3. The number of hydrogen-bond donors (Lipinski definition) is 2. The van der Waals surface area contributed by atoms with Gasteiger partial charge in [-0.15, -0.1) is 11.3 Å². The zero-order chi connectivity index (χ0) is 13.4. The van der Waals surface area contributed by atoms with Crippen molar-refractivity contribution in [3.8, 4) is 0 Å². The Morgan fingerprint density at radius 3 is 2.39 bits per heavy atom. The minimum atomic E-state index is 0.217. The summed E-state index contributed by atoms with van der Waals surface area (Å²) in [6.07, 6.45) is 2.37. The summed E-state index contributed by atoms with van der Waals surface area (Å²) in [5.41, 5.74) is 0.434. The zero-order valence-electron chi connectivity index (χ0n) is 12.2. The van der Waals surface area contributed by atoms with Gasteiger partial charge in [0, 0.05) is 28.0 Å². The van der Waals surface area contributed by atoms with Crippen molar-refractivity contribution in [2.45, 2.75) is 70.6 Å². The third kappa shape index (κ3) is 3.56. The predicted octanol–water partition coefficient (Wildman–Crippen LogP) is 3.71. The van der Waals surface area contributed by atoms with Gasteiger partial charge in [0.15, 0.2) is 0 Å². The van der Waals surface area contributed by atoms with Gasteiger partial charge in [-0.3, -0.25) is 0 Å². The van der Waals surface area contributed by atoms with E-state index in [1.807, 2.05) is 11.3 Å². The Labute approximate surface area is 115 Å². The van der Waals surface area contributed by atoms with Gasteiger partial charge in [0.1, 0.15) is 0 Å². The van der Waals surface area contributed by atoms with Crippen LogP contribution in [0.5, 0.6) is 0 Å². The third-order valence-electron chi connectivity index (χ3n) is 3.65. The minimum absolute atomic E-state index is 0.217. The average Bonchev–Trinajstić information content (AvgIpc) is 2.63. The molecule has 2 rings (SSSR count). The third-order valence-corrected chi connectivity index (χ3v) is 4.70. The summed E-state index contributed by atoms with van der Waals surface area (Å²) >= 11 is 1.84.